The van der Waals surface area contributed by atoms with Crippen molar-refractivity contribution in [3.8, 4) is 0 Å². The lowest BCUT2D eigenvalue weighted by atomic mass is 10.1. The fraction of sp³-hybridized carbons (Fsp3) is 0.312. The number of carbonyl (C=O) groups excluding carboxylic acids is 2. The van der Waals surface area contributed by atoms with Gasteiger partial charge in [0.1, 0.15) is 6.54 Å². The number of fused-ring (bicyclic) bond motifs is 1. The lowest BCUT2D eigenvalue weighted by molar-refractivity contribution is -0.137. The van der Waals surface area contributed by atoms with Crippen molar-refractivity contribution in [2.75, 3.05) is 25.0 Å². The van der Waals surface area contributed by atoms with Gasteiger partial charge in [-0.05, 0) is 79.3 Å². The number of aromatic amines is 1. The molecular weight excluding hydrogens is 529 g/mol. The van der Waals surface area contributed by atoms with Crippen LogP contribution in [0.15, 0.2) is 72.9 Å². The summed E-state index contributed by atoms with van der Waals surface area (Å²) in [5.74, 6) is -0.284. The Labute approximate surface area is 238 Å². The van der Waals surface area contributed by atoms with Gasteiger partial charge in [0.25, 0.3) is 0 Å². The van der Waals surface area contributed by atoms with Crippen LogP contribution in [-0.2, 0) is 23.9 Å². The van der Waals surface area contributed by atoms with Gasteiger partial charge >= 0.3 is 12.2 Å². The van der Waals surface area contributed by atoms with E-state index < -0.39 is 11.7 Å². The third-order valence-electron chi connectivity index (χ3n) is 7.20. The second kappa shape index (κ2) is 12.9. The monoisotopic (exact) mass is 564 g/mol. The standard InChI is InChI=1S/C32H35F3N4O2/c1-4-16-39(31(41)37-27-14-9-22(2)23(3)18-27)21-30(40)38(20-24-10-12-26(13-11-24)32(33,34)35)17-15-25-19-36-29-8-6-5-7-28(25)29/h5-14,18-19,36H,4,15-17,20-21H2,1-3H3,(H,37,41). The molecule has 1 aromatic heterocycles. The second-order valence-corrected chi connectivity index (χ2v) is 10.3. The molecule has 3 aromatic carbocycles. The van der Waals surface area contributed by atoms with Gasteiger partial charge in [-0.3, -0.25) is 4.79 Å². The molecular formula is C32H35F3N4O2. The number of nitrogens with zero attached hydrogens (tertiary/aromatic N) is 2. The van der Waals surface area contributed by atoms with Crippen molar-refractivity contribution in [2.45, 2.75) is 46.3 Å². The summed E-state index contributed by atoms with van der Waals surface area (Å²) in [4.78, 5) is 33.1. The van der Waals surface area contributed by atoms with Gasteiger partial charge in [0.2, 0.25) is 5.91 Å². The fourth-order valence-corrected chi connectivity index (χ4v) is 4.71. The molecule has 1 heterocycles. The first kappa shape index (κ1) is 29.7. The van der Waals surface area contributed by atoms with Gasteiger partial charge in [-0.2, -0.15) is 13.2 Å². The summed E-state index contributed by atoms with van der Waals surface area (Å²) in [6.45, 7) is 6.56. The van der Waals surface area contributed by atoms with Crippen molar-refractivity contribution < 1.29 is 22.8 Å². The summed E-state index contributed by atoms with van der Waals surface area (Å²) in [6, 6.07) is 18.0. The molecule has 0 saturated carbocycles. The molecule has 216 valence electrons. The Balaban J connectivity index is 1.52. The van der Waals surface area contributed by atoms with Crippen LogP contribution in [0, 0.1) is 13.8 Å². The van der Waals surface area contributed by atoms with Gasteiger partial charge in [-0.1, -0.05) is 43.3 Å². The van der Waals surface area contributed by atoms with Crippen LogP contribution in [0.1, 0.15) is 41.2 Å². The number of alkyl halides is 3. The number of rotatable bonds is 10. The van der Waals surface area contributed by atoms with E-state index >= 15 is 0 Å². The molecule has 0 aliphatic rings. The number of nitrogens with one attached hydrogen (secondary N) is 2. The highest BCUT2D eigenvalue weighted by atomic mass is 19.4. The number of amides is 3. The summed E-state index contributed by atoms with van der Waals surface area (Å²) in [6.07, 6.45) is -1.33. The first-order chi connectivity index (χ1) is 19.5. The summed E-state index contributed by atoms with van der Waals surface area (Å²) in [5.41, 5.74) is 4.65. The Morgan fingerprint density at radius 2 is 1.63 bits per heavy atom. The highest BCUT2D eigenvalue weighted by Gasteiger charge is 2.30. The van der Waals surface area contributed by atoms with E-state index in [4.69, 9.17) is 0 Å². The van der Waals surface area contributed by atoms with E-state index in [9.17, 15) is 22.8 Å². The van der Waals surface area contributed by atoms with Gasteiger partial charge in [-0.25, -0.2) is 4.79 Å². The second-order valence-electron chi connectivity index (χ2n) is 10.3. The topological polar surface area (TPSA) is 68.4 Å². The smallest absolute Gasteiger partial charge is 0.361 e. The molecule has 0 bridgehead atoms. The average molecular weight is 565 g/mol. The molecule has 9 heteroatoms. The summed E-state index contributed by atoms with van der Waals surface area (Å²) < 4.78 is 39.3. The lowest BCUT2D eigenvalue weighted by Gasteiger charge is -2.28. The van der Waals surface area contributed by atoms with Crippen molar-refractivity contribution in [2.24, 2.45) is 0 Å². The van der Waals surface area contributed by atoms with E-state index in [-0.39, 0.29) is 25.0 Å². The molecule has 3 amide bonds. The number of carbonyl (C=O) groups is 2. The zero-order valence-corrected chi connectivity index (χ0v) is 23.5. The average Bonchev–Trinajstić information content (AvgIpc) is 3.35. The molecule has 41 heavy (non-hydrogen) atoms. The number of aryl methyl sites for hydroxylation is 2. The van der Waals surface area contributed by atoms with E-state index in [0.29, 0.717) is 37.2 Å². The van der Waals surface area contributed by atoms with E-state index in [2.05, 4.69) is 10.3 Å². The maximum absolute atomic E-state index is 13.7. The maximum atomic E-state index is 13.7. The molecule has 4 aromatic rings. The number of halogens is 3. The molecule has 4 rings (SSSR count). The third kappa shape index (κ3) is 7.68. The van der Waals surface area contributed by atoms with E-state index in [1.54, 1.807) is 4.90 Å². The van der Waals surface area contributed by atoms with Crippen LogP contribution >= 0.6 is 0 Å². The third-order valence-corrected chi connectivity index (χ3v) is 7.20. The number of para-hydroxylation sites is 1. The summed E-state index contributed by atoms with van der Waals surface area (Å²) >= 11 is 0. The number of aromatic nitrogens is 1. The molecule has 0 saturated heterocycles. The summed E-state index contributed by atoms with van der Waals surface area (Å²) in [7, 11) is 0. The first-order valence-corrected chi connectivity index (χ1v) is 13.7. The molecule has 2 N–H and O–H groups in total. The van der Waals surface area contributed by atoms with Gasteiger partial charge in [0.05, 0.1) is 5.56 Å². The Bertz CT molecular complexity index is 1500. The molecule has 0 atom stereocenters. The van der Waals surface area contributed by atoms with Crippen LogP contribution in [0.5, 0.6) is 0 Å². The number of urea groups is 1. The van der Waals surface area contributed by atoms with Crippen LogP contribution in [-0.4, -0.2) is 46.4 Å². The van der Waals surface area contributed by atoms with E-state index in [1.807, 2.05) is 69.4 Å². The minimum Gasteiger partial charge on any atom is -0.361 e. The van der Waals surface area contributed by atoms with E-state index in [0.717, 1.165) is 39.7 Å². The highest BCUT2D eigenvalue weighted by Crippen LogP contribution is 2.29. The molecule has 0 unspecified atom stereocenters. The molecule has 0 fully saturated rings. The zero-order valence-electron chi connectivity index (χ0n) is 23.5. The summed E-state index contributed by atoms with van der Waals surface area (Å²) in [5, 5.41) is 3.94. The molecule has 0 aliphatic carbocycles. The van der Waals surface area contributed by atoms with Crippen molar-refractivity contribution >= 4 is 28.5 Å². The predicted molar refractivity (Wildman–Crippen MR) is 156 cm³/mol. The van der Waals surface area contributed by atoms with Crippen molar-refractivity contribution in [1.82, 2.24) is 14.8 Å². The Morgan fingerprint density at radius 3 is 2.32 bits per heavy atom. The minimum absolute atomic E-state index is 0.123. The highest BCUT2D eigenvalue weighted by molar-refractivity contribution is 5.92. The first-order valence-electron chi connectivity index (χ1n) is 13.7. The van der Waals surface area contributed by atoms with Crippen LogP contribution in [0.25, 0.3) is 10.9 Å². The van der Waals surface area contributed by atoms with Gasteiger partial charge < -0.3 is 20.1 Å². The zero-order chi connectivity index (χ0) is 29.6. The van der Waals surface area contributed by atoms with E-state index in [1.165, 1.54) is 17.0 Å². The van der Waals surface area contributed by atoms with Crippen LogP contribution in [0.3, 0.4) is 0 Å². The van der Waals surface area contributed by atoms with Crippen molar-refractivity contribution in [3.63, 3.8) is 0 Å². The van der Waals surface area contributed by atoms with Crippen molar-refractivity contribution in [3.05, 3.63) is 101 Å². The van der Waals surface area contributed by atoms with Crippen molar-refractivity contribution in [1.29, 1.82) is 0 Å². The predicted octanol–water partition coefficient (Wildman–Crippen LogP) is 7.32. The molecule has 0 aliphatic heterocycles. The molecule has 0 spiro atoms. The Hall–Kier alpha value is -4.27. The number of benzene rings is 3. The quantitative estimate of drug-likeness (QED) is 0.212. The maximum Gasteiger partial charge on any atom is 0.416 e. The van der Waals surface area contributed by atoms with Crippen LogP contribution in [0.2, 0.25) is 0 Å². The number of hydrogen-bond acceptors (Lipinski definition) is 2. The molecule has 0 radical (unpaired) electrons. The van der Waals surface area contributed by atoms with Gasteiger partial charge in [-0.15, -0.1) is 0 Å². The normalized spacial score (nSPS) is 11.5. The molecule has 6 nitrogen and oxygen atoms in total. The number of hydrogen-bond donors (Lipinski definition) is 2. The number of H-pyrrole nitrogens is 1. The number of anilines is 1. The Morgan fingerprint density at radius 1 is 0.902 bits per heavy atom. The fourth-order valence-electron chi connectivity index (χ4n) is 4.71. The Kier molecular flexibility index (Phi) is 9.37. The van der Waals surface area contributed by atoms with Crippen LogP contribution in [0.4, 0.5) is 23.7 Å². The largest absolute Gasteiger partial charge is 0.416 e. The minimum atomic E-state index is -4.44. The SMILES string of the molecule is CCCN(CC(=O)N(CCc1c[nH]c2ccccc12)Cc1ccc(C(F)(F)F)cc1)C(=O)Nc1ccc(C)c(C)c1. The van der Waals surface area contributed by atoms with Crippen LogP contribution < -0.4 is 5.32 Å². The van der Waals surface area contributed by atoms with Gasteiger partial charge in [0, 0.05) is 42.4 Å². The lowest BCUT2D eigenvalue weighted by Crippen LogP contribution is -2.45. The van der Waals surface area contributed by atoms with Gasteiger partial charge in [0.15, 0.2) is 0 Å².